The number of aryl methyl sites for hydroxylation is 2. The number of carbonyl (C=O) groups excluding carboxylic acids is 1. The Labute approximate surface area is 189 Å². The summed E-state index contributed by atoms with van der Waals surface area (Å²) in [7, 11) is 0.112. The third-order valence-corrected chi connectivity index (χ3v) is 7.67. The minimum absolute atomic E-state index is 0.0225. The number of rotatable bonds is 7. The third-order valence-electron chi connectivity index (χ3n) is 5.77. The Morgan fingerprint density at radius 3 is 2.50 bits per heavy atom. The molecule has 7 nitrogen and oxygen atoms in total. The first-order chi connectivity index (χ1) is 15.1. The third kappa shape index (κ3) is 5.51. The van der Waals surface area contributed by atoms with Crippen LogP contribution >= 0.6 is 0 Å². The van der Waals surface area contributed by atoms with Crippen molar-refractivity contribution in [2.24, 2.45) is 0 Å². The molecule has 32 heavy (non-hydrogen) atoms. The second-order valence-corrected chi connectivity index (χ2v) is 10.5. The monoisotopic (exact) mass is 462 g/mol. The Kier molecular flexibility index (Phi) is 7.63. The quantitative estimate of drug-likeness (QED) is 0.684. The van der Waals surface area contributed by atoms with Crippen LogP contribution in [0.5, 0.6) is 0 Å². The number of likely N-dealkylation sites (N-methyl/N-ethyl adjacent to an activating group) is 1. The van der Waals surface area contributed by atoms with Crippen molar-refractivity contribution in [2.45, 2.75) is 37.5 Å². The van der Waals surface area contributed by atoms with Gasteiger partial charge in [0, 0.05) is 37.8 Å². The number of halogens is 1. The minimum atomic E-state index is -3.77. The summed E-state index contributed by atoms with van der Waals surface area (Å²) in [6.07, 6.45) is 1.09. The number of benzene rings is 1. The summed E-state index contributed by atoms with van der Waals surface area (Å²) in [6.45, 7) is 5.32. The van der Waals surface area contributed by atoms with Gasteiger partial charge >= 0.3 is 0 Å². The van der Waals surface area contributed by atoms with Gasteiger partial charge in [-0.2, -0.15) is 4.31 Å². The van der Waals surface area contributed by atoms with Gasteiger partial charge < -0.3 is 10.2 Å². The lowest BCUT2D eigenvalue weighted by atomic mass is 9.90. The molecule has 1 saturated heterocycles. The fraction of sp³-hybridized carbons (Fsp3) is 0.478. The molecular weight excluding hydrogens is 431 g/mol. The molecule has 1 amide bonds. The minimum Gasteiger partial charge on any atom is -0.351 e. The van der Waals surface area contributed by atoms with E-state index in [0.717, 1.165) is 18.3 Å². The summed E-state index contributed by atoms with van der Waals surface area (Å²) >= 11 is 0. The van der Waals surface area contributed by atoms with E-state index in [-0.39, 0.29) is 16.7 Å². The Bertz CT molecular complexity index is 1080. The van der Waals surface area contributed by atoms with Crippen LogP contribution in [0.3, 0.4) is 0 Å². The second kappa shape index (κ2) is 10.1. The van der Waals surface area contributed by atoms with Gasteiger partial charge in [-0.3, -0.25) is 9.78 Å². The number of hydrogen-bond donors (Lipinski definition) is 1. The van der Waals surface area contributed by atoms with E-state index in [4.69, 9.17) is 0 Å². The van der Waals surface area contributed by atoms with Gasteiger partial charge in [-0.15, -0.1) is 0 Å². The van der Waals surface area contributed by atoms with Crippen LogP contribution in [0.2, 0.25) is 0 Å². The van der Waals surface area contributed by atoms with Crippen molar-refractivity contribution >= 4 is 15.9 Å². The molecule has 0 atom stereocenters. The lowest BCUT2D eigenvalue weighted by molar-refractivity contribution is 0.0948. The lowest BCUT2D eigenvalue weighted by Crippen LogP contribution is -2.38. The Morgan fingerprint density at radius 2 is 1.88 bits per heavy atom. The van der Waals surface area contributed by atoms with Crippen LogP contribution < -0.4 is 5.32 Å². The summed E-state index contributed by atoms with van der Waals surface area (Å²) in [6, 6.07) is 7.61. The normalized spacial score (nSPS) is 15.8. The first-order valence-electron chi connectivity index (χ1n) is 10.8. The van der Waals surface area contributed by atoms with E-state index in [1.54, 1.807) is 13.0 Å². The predicted octanol–water partition coefficient (Wildman–Crippen LogP) is 2.70. The van der Waals surface area contributed by atoms with Crippen LogP contribution in [0, 0.1) is 19.7 Å². The fourth-order valence-electron chi connectivity index (χ4n) is 3.82. The van der Waals surface area contributed by atoms with Crippen LogP contribution in [-0.2, 0) is 10.0 Å². The molecule has 1 N–H and O–H groups in total. The lowest BCUT2D eigenvalue weighted by Gasteiger charge is -2.31. The number of sulfonamides is 1. The molecule has 9 heteroatoms. The van der Waals surface area contributed by atoms with Crippen molar-refractivity contribution < 1.29 is 17.6 Å². The van der Waals surface area contributed by atoms with E-state index in [1.807, 2.05) is 32.0 Å². The molecule has 0 saturated carbocycles. The van der Waals surface area contributed by atoms with Gasteiger partial charge in [0.1, 0.15) is 5.82 Å². The maximum Gasteiger partial charge on any atom is 0.253 e. The molecule has 1 aliphatic rings. The molecule has 1 aliphatic heterocycles. The molecule has 2 aromatic rings. The maximum absolute atomic E-state index is 13.9. The van der Waals surface area contributed by atoms with Gasteiger partial charge in [-0.25, -0.2) is 12.8 Å². The molecule has 0 spiro atoms. The zero-order valence-corrected chi connectivity index (χ0v) is 19.9. The number of hydrogen-bond acceptors (Lipinski definition) is 5. The summed E-state index contributed by atoms with van der Waals surface area (Å²) in [5.74, 6) is -0.722. The number of nitrogens with zero attached hydrogens (tertiary/aromatic N) is 3. The van der Waals surface area contributed by atoms with Gasteiger partial charge in [0.15, 0.2) is 0 Å². The van der Waals surface area contributed by atoms with Crippen LogP contribution in [0.1, 0.15) is 46.1 Å². The molecule has 0 unspecified atom stereocenters. The molecule has 2 heterocycles. The average Bonchev–Trinajstić information content (AvgIpc) is 2.75. The Morgan fingerprint density at radius 1 is 1.19 bits per heavy atom. The smallest absolute Gasteiger partial charge is 0.253 e. The van der Waals surface area contributed by atoms with Gasteiger partial charge in [0.05, 0.1) is 16.2 Å². The van der Waals surface area contributed by atoms with E-state index >= 15 is 0 Å². The number of nitrogens with one attached hydrogen (secondary N) is 1. The van der Waals surface area contributed by atoms with E-state index < -0.39 is 15.8 Å². The first-order valence-corrected chi connectivity index (χ1v) is 12.2. The van der Waals surface area contributed by atoms with Crippen molar-refractivity contribution in [3.8, 4) is 0 Å². The number of carbonyl (C=O) groups is 1. The molecule has 0 aliphatic carbocycles. The van der Waals surface area contributed by atoms with Crippen molar-refractivity contribution in [2.75, 3.05) is 40.3 Å². The summed E-state index contributed by atoms with van der Waals surface area (Å²) in [5, 5.41) is 2.93. The van der Waals surface area contributed by atoms with E-state index in [1.165, 1.54) is 16.4 Å². The highest BCUT2D eigenvalue weighted by molar-refractivity contribution is 7.89. The molecule has 3 rings (SSSR count). The molecule has 1 aromatic carbocycles. The number of pyridine rings is 1. The van der Waals surface area contributed by atoms with Crippen molar-refractivity contribution in [1.29, 1.82) is 0 Å². The van der Waals surface area contributed by atoms with Gasteiger partial charge in [0.25, 0.3) is 5.91 Å². The highest BCUT2D eigenvalue weighted by Gasteiger charge is 2.32. The van der Waals surface area contributed by atoms with Crippen molar-refractivity contribution in [3.05, 3.63) is 58.7 Å². The zero-order valence-electron chi connectivity index (χ0n) is 19.1. The Balaban J connectivity index is 1.74. The molecule has 0 bridgehead atoms. The zero-order chi connectivity index (χ0) is 23.5. The molecule has 0 radical (unpaired) electrons. The van der Waals surface area contributed by atoms with E-state index in [2.05, 4.69) is 10.3 Å². The predicted molar refractivity (Wildman–Crippen MR) is 122 cm³/mol. The summed E-state index contributed by atoms with van der Waals surface area (Å²) in [5.41, 5.74) is 2.47. The van der Waals surface area contributed by atoms with Gasteiger partial charge in [0.2, 0.25) is 10.0 Å². The van der Waals surface area contributed by atoms with Gasteiger partial charge in [-0.1, -0.05) is 6.07 Å². The fourth-order valence-corrected chi connectivity index (χ4v) is 5.30. The second-order valence-electron chi connectivity index (χ2n) is 8.53. The molecule has 1 fully saturated rings. The van der Waals surface area contributed by atoms with E-state index in [0.29, 0.717) is 49.3 Å². The molecular formula is C23H31FN4O3S. The topological polar surface area (TPSA) is 82.6 Å². The van der Waals surface area contributed by atoms with Crippen molar-refractivity contribution in [1.82, 2.24) is 19.5 Å². The van der Waals surface area contributed by atoms with Crippen LogP contribution in [0.4, 0.5) is 4.39 Å². The largest absolute Gasteiger partial charge is 0.351 e. The van der Waals surface area contributed by atoms with Crippen LogP contribution in [0.25, 0.3) is 0 Å². The first kappa shape index (κ1) is 24.3. The standard InChI is InChI=1S/C23H31FN4O3S/c1-16-5-7-19(15-21(16)24)32(30,31)28-12-9-18(10-13-28)22-20(8-6-17(2)26-22)23(29)25-11-14-27(3)4/h5-8,15,18H,9-14H2,1-4H3,(H,25,29). The average molecular weight is 463 g/mol. The van der Waals surface area contributed by atoms with E-state index in [9.17, 15) is 17.6 Å². The molecule has 174 valence electrons. The number of amides is 1. The summed E-state index contributed by atoms with van der Waals surface area (Å²) in [4.78, 5) is 19.4. The van der Waals surface area contributed by atoms with Crippen LogP contribution in [0.15, 0.2) is 35.2 Å². The summed E-state index contributed by atoms with van der Waals surface area (Å²) < 4.78 is 41.3. The Hall–Kier alpha value is -2.36. The number of piperidine rings is 1. The van der Waals surface area contributed by atoms with Crippen LogP contribution in [-0.4, -0.2) is 68.8 Å². The molecule has 1 aromatic heterocycles. The highest BCUT2D eigenvalue weighted by Crippen LogP contribution is 2.32. The number of aromatic nitrogens is 1. The SMILES string of the molecule is Cc1ccc(C(=O)NCCN(C)C)c(C2CCN(S(=O)(=O)c3ccc(C)c(F)c3)CC2)n1. The highest BCUT2D eigenvalue weighted by atomic mass is 32.2. The van der Waals surface area contributed by atoms with Crippen molar-refractivity contribution in [3.63, 3.8) is 0 Å². The van der Waals surface area contributed by atoms with Gasteiger partial charge in [-0.05, 0) is 70.6 Å². The maximum atomic E-state index is 13.9.